The normalized spacial score (nSPS) is 17.7. The van der Waals surface area contributed by atoms with Gasteiger partial charge in [0.15, 0.2) is 0 Å². The van der Waals surface area contributed by atoms with Crippen molar-refractivity contribution in [2.75, 3.05) is 13.7 Å². The van der Waals surface area contributed by atoms with E-state index in [0.717, 1.165) is 35.5 Å². The second kappa shape index (κ2) is 5.04. The van der Waals surface area contributed by atoms with E-state index < -0.39 is 0 Å². The molecule has 0 spiro atoms. The van der Waals surface area contributed by atoms with E-state index in [-0.39, 0.29) is 11.9 Å². The third kappa shape index (κ3) is 2.07. The second-order valence-corrected chi connectivity index (χ2v) is 5.10. The zero-order valence-corrected chi connectivity index (χ0v) is 11.7. The van der Waals surface area contributed by atoms with Crippen LogP contribution in [0.4, 0.5) is 0 Å². The van der Waals surface area contributed by atoms with Gasteiger partial charge in [0.05, 0.1) is 18.7 Å². The first-order chi connectivity index (χ1) is 9.70. The number of likely N-dealkylation sites (tertiary alicyclic amines) is 1. The molecule has 1 unspecified atom stereocenters. The molecule has 4 nitrogen and oxygen atoms in total. The van der Waals surface area contributed by atoms with Crippen molar-refractivity contribution in [2.45, 2.75) is 19.4 Å². The molecule has 1 aromatic carbocycles. The van der Waals surface area contributed by atoms with Gasteiger partial charge in [-0.2, -0.15) is 0 Å². The number of carbonyl (C=O) groups is 1. The number of aromatic nitrogens is 1. The Morgan fingerprint density at radius 2 is 2.25 bits per heavy atom. The average Bonchev–Trinajstić information content (AvgIpc) is 2.84. The number of hydrogen-bond acceptors (Lipinski definition) is 2. The van der Waals surface area contributed by atoms with Gasteiger partial charge in [0.2, 0.25) is 0 Å². The first-order valence-corrected chi connectivity index (χ1v) is 6.79. The van der Waals surface area contributed by atoms with Crippen molar-refractivity contribution in [1.29, 1.82) is 0 Å². The van der Waals surface area contributed by atoms with Gasteiger partial charge in [-0.05, 0) is 37.1 Å². The van der Waals surface area contributed by atoms with Crippen LogP contribution in [0.15, 0.2) is 36.5 Å². The molecule has 1 N–H and O–H groups in total. The first-order valence-electron chi connectivity index (χ1n) is 6.79. The molecule has 104 valence electrons. The fraction of sp³-hybridized carbons (Fsp3) is 0.312. The summed E-state index contributed by atoms with van der Waals surface area (Å²) < 4.78 is 5.25. The number of hydrogen-bond donors (Lipinski definition) is 1. The Balaban J connectivity index is 1.82. The van der Waals surface area contributed by atoms with Gasteiger partial charge in [0, 0.05) is 18.4 Å². The minimum Gasteiger partial charge on any atom is -0.497 e. The molecule has 2 heterocycles. The molecular formula is C16H18N2O2. The van der Waals surface area contributed by atoms with Gasteiger partial charge in [-0.15, -0.1) is 0 Å². The van der Waals surface area contributed by atoms with Crippen molar-refractivity contribution in [3.05, 3.63) is 53.3 Å². The third-order valence-electron chi connectivity index (χ3n) is 3.94. The minimum atomic E-state index is 0.0998. The van der Waals surface area contributed by atoms with Gasteiger partial charge in [-0.1, -0.05) is 12.1 Å². The van der Waals surface area contributed by atoms with Crippen LogP contribution in [0.5, 0.6) is 5.75 Å². The van der Waals surface area contributed by atoms with Crippen LogP contribution in [0.3, 0.4) is 0 Å². The second-order valence-electron chi connectivity index (χ2n) is 5.10. The molecule has 1 aromatic heterocycles. The molecule has 2 aromatic rings. The summed E-state index contributed by atoms with van der Waals surface area (Å²) in [7, 11) is 1.66. The van der Waals surface area contributed by atoms with E-state index in [1.54, 1.807) is 7.11 Å². The van der Waals surface area contributed by atoms with Crippen LogP contribution >= 0.6 is 0 Å². The number of aromatic amines is 1. The SMILES string of the molecule is COc1cccc(C2CCN2C(=O)c2cc[nH]c2C)c1. The summed E-state index contributed by atoms with van der Waals surface area (Å²) in [5.74, 6) is 0.933. The molecule has 3 rings (SSSR count). The van der Waals surface area contributed by atoms with Gasteiger partial charge in [-0.25, -0.2) is 0 Å². The van der Waals surface area contributed by atoms with Gasteiger partial charge >= 0.3 is 0 Å². The molecule has 1 aliphatic heterocycles. The number of rotatable bonds is 3. The quantitative estimate of drug-likeness (QED) is 0.932. The third-order valence-corrected chi connectivity index (χ3v) is 3.94. The summed E-state index contributed by atoms with van der Waals surface area (Å²) in [5.41, 5.74) is 2.82. The fourth-order valence-corrected chi connectivity index (χ4v) is 2.66. The lowest BCUT2D eigenvalue weighted by atomic mass is 9.93. The highest BCUT2D eigenvalue weighted by molar-refractivity contribution is 5.96. The van der Waals surface area contributed by atoms with Crippen molar-refractivity contribution < 1.29 is 9.53 Å². The molecule has 1 amide bonds. The number of amides is 1. The number of ether oxygens (including phenoxy) is 1. The van der Waals surface area contributed by atoms with Crippen LogP contribution in [0.1, 0.15) is 34.1 Å². The number of carbonyl (C=O) groups excluding carboxylic acids is 1. The Morgan fingerprint density at radius 3 is 2.85 bits per heavy atom. The van der Waals surface area contributed by atoms with E-state index in [4.69, 9.17) is 4.74 Å². The van der Waals surface area contributed by atoms with Crippen molar-refractivity contribution in [2.24, 2.45) is 0 Å². The maximum absolute atomic E-state index is 12.5. The van der Waals surface area contributed by atoms with E-state index in [2.05, 4.69) is 11.1 Å². The van der Waals surface area contributed by atoms with Crippen molar-refractivity contribution in [3.63, 3.8) is 0 Å². The highest BCUT2D eigenvalue weighted by Gasteiger charge is 2.34. The smallest absolute Gasteiger partial charge is 0.256 e. The molecule has 0 aliphatic carbocycles. The molecule has 0 saturated carbocycles. The van der Waals surface area contributed by atoms with Crippen molar-refractivity contribution >= 4 is 5.91 Å². The lowest BCUT2D eigenvalue weighted by molar-refractivity contribution is 0.0459. The predicted molar refractivity (Wildman–Crippen MR) is 76.9 cm³/mol. The summed E-state index contributed by atoms with van der Waals surface area (Å²) in [6.07, 6.45) is 2.81. The number of methoxy groups -OCH3 is 1. The van der Waals surface area contributed by atoms with Crippen molar-refractivity contribution in [3.8, 4) is 5.75 Å². The number of aryl methyl sites for hydroxylation is 1. The van der Waals surface area contributed by atoms with Crippen molar-refractivity contribution in [1.82, 2.24) is 9.88 Å². The fourth-order valence-electron chi connectivity index (χ4n) is 2.66. The van der Waals surface area contributed by atoms with E-state index in [9.17, 15) is 4.79 Å². The zero-order chi connectivity index (χ0) is 14.1. The van der Waals surface area contributed by atoms with E-state index >= 15 is 0 Å². The summed E-state index contributed by atoms with van der Waals surface area (Å²) in [4.78, 5) is 17.5. The average molecular weight is 270 g/mol. The largest absolute Gasteiger partial charge is 0.497 e. The molecule has 1 saturated heterocycles. The van der Waals surface area contributed by atoms with Crippen LogP contribution in [0.25, 0.3) is 0 Å². The van der Waals surface area contributed by atoms with Crippen LogP contribution in [0.2, 0.25) is 0 Å². The van der Waals surface area contributed by atoms with Crippen LogP contribution in [-0.2, 0) is 0 Å². The molecule has 0 bridgehead atoms. The van der Waals surface area contributed by atoms with E-state index in [0.29, 0.717) is 0 Å². The molecule has 0 radical (unpaired) electrons. The number of nitrogens with one attached hydrogen (secondary N) is 1. The Bertz CT molecular complexity index is 633. The van der Waals surface area contributed by atoms with Crippen LogP contribution in [0, 0.1) is 6.92 Å². The lowest BCUT2D eigenvalue weighted by Crippen LogP contribution is -2.45. The van der Waals surface area contributed by atoms with Crippen LogP contribution in [-0.4, -0.2) is 29.4 Å². The lowest BCUT2D eigenvalue weighted by Gasteiger charge is -2.41. The first kappa shape index (κ1) is 12.8. The Morgan fingerprint density at radius 1 is 1.40 bits per heavy atom. The van der Waals surface area contributed by atoms with Gasteiger partial charge in [0.25, 0.3) is 5.91 Å². The van der Waals surface area contributed by atoms with E-state index in [1.165, 1.54) is 0 Å². The summed E-state index contributed by atoms with van der Waals surface area (Å²) >= 11 is 0. The Labute approximate surface area is 118 Å². The van der Waals surface area contributed by atoms with Gasteiger partial charge < -0.3 is 14.6 Å². The number of benzene rings is 1. The minimum absolute atomic E-state index is 0.0998. The Hall–Kier alpha value is -2.23. The highest BCUT2D eigenvalue weighted by atomic mass is 16.5. The zero-order valence-electron chi connectivity index (χ0n) is 11.7. The standard InChI is InChI=1S/C16H18N2O2/c1-11-14(6-8-17-11)16(19)18-9-7-15(18)12-4-3-5-13(10-12)20-2/h3-6,8,10,15,17H,7,9H2,1-2H3. The molecule has 20 heavy (non-hydrogen) atoms. The topological polar surface area (TPSA) is 45.3 Å². The predicted octanol–water partition coefficient (Wildman–Crippen LogP) is 2.92. The summed E-state index contributed by atoms with van der Waals surface area (Å²) in [6.45, 7) is 2.74. The maximum Gasteiger partial charge on any atom is 0.256 e. The molecule has 1 aliphatic rings. The maximum atomic E-state index is 12.5. The van der Waals surface area contributed by atoms with E-state index in [1.807, 2.05) is 42.3 Å². The number of nitrogens with zero attached hydrogens (tertiary/aromatic N) is 1. The number of H-pyrrole nitrogens is 1. The van der Waals surface area contributed by atoms with Gasteiger partial charge in [-0.3, -0.25) is 4.79 Å². The molecule has 1 atom stereocenters. The molecular weight excluding hydrogens is 252 g/mol. The molecule has 1 fully saturated rings. The van der Waals surface area contributed by atoms with Gasteiger partial charge in [0.1, 0.15) is 5.75 Å². The highest BCUT2D eigenvalue weighted by Crippen LogP contribution is 2.36. The molecule has 4 heteroatoms. The monoisotopic (exact) mass is 270 g/mol. The summed E-state index contributed by atoms with van der Waals surface area (Å²) in [5, 5.41) is 0. The summed E-state index contributed by atoms with van der Waals surface area (Å²) in [6, 6.07) is 9.96. The van der Waals surface area contributed by atoms with Crippen LogP contribution < -0.4 is 4.74 Å². The Kier molecular flexibility index (Phi) is 3.22.